The minimum absolute atomic E-state index is 0.0625. The van der Waals surface area contributed by atoms with Gasteiger partial charge in [0.1, 0.15) is 0 Å². The molecule has 0 radical (unpaired) electrons. The van der Waals surface area contributed by atoms with Crippen LogP contribution in [0.15, 0.2) is 0 Å². The molecule has 0 aromatic carbocycles. The van der Waals surface area contributed by atoms with E-state index in [0.29, 0.717) is 0 Å². The van der Waals surface area contributed by atoms with Crippen LogP contribution in [0.5, 0.6) is 0 Å². The fourth-order valence-electron chi connectivity index (χ4n) is 1.80. The predicted molar refractivity (Wildman–Crippen MR) is 45.3 cm³/mol. The summed E-state index contributed by atoms with van der Waals surface area (Å²) in [4.78, 5) is 11.4. The van der Waals surface area contributed by atoms with Crippen molar-refractivity contribution < 1.29 is 4.79 Å². The fraction of sp³-hybridized carbons (Fsp3) is 0.889. The Hall–Kier alpha value is -0.530. The number of carbonyl (C=O) groups is 1. The van der Waals surface area contributed by atoms with Crippen molar-refractivity contribution in [2.75, 3.05) is 6.54 Å². The van der Waals surface area contributed by atoms with Crippen molar-refractivity contribution in [2.24, 2.45) is 5.41 Å². The Kier molecular flexibility index (Phi) is 2.53. The number of piperidine rings is 1. The SMILES string of the molecule is CCCC1(C)CCCNC1=O. The highest BCUT2D eigenvalue weighted by Crippen LogP contribution is 2.31. The van der Waals surface area contributed by atoms with Gasteiger partial charge in [0.2, 0.25) is 5.91 Å². The molecule has 0 aromatic heterocycles. The molecule has 0 spiro atoms. The second kappa shape index (κ2) is 3.24. The van der Waals surface area contributed by atoms with E-state index in [9.17, 15) is 4.79 Å². The molecule has 2 nitrogen and oxygen atoms in total. The molecule has 1 aliphatic rings. The second-order valence-corrected chi connectivity index (χ2v) is 3.67. The number of carbonyl (C=O) groups excluding carboxylic acids is 1. The van der Waals surface area contributed by atoms with Crippen molar-refractivity contribution in [2.45, 2.75) is 39.5 Å². The lowest BCUT2D eigenvalue weighted by molar-refractivity contribution is -0.132. The lowest BCUT2D eigenvalue weighted by Gasteiger charge is -2.32. The Morgan fingerprint density at radius 1 is 1.64 bits per heavy atom. The first-order chi connectivity index (χ1) is 5.19. The van der Waals surface area contributed by atoms with Crippen LogP contribution in [0.3, 0.4) is 0 Å². The molecule has 1 amide bonds. The summed E-state index contributed by atoms with van der Waals surface area (Å²) in [6.07, 6.45) is 4.33. The van der Waals surface area contributed by atoms with Crippen LogP contribution < -0.4 is 5.32 Å². The monoisotopic (exact) mass is 155 g/mol. The minimum atomic E-state index is -0.0625. The largest absolute Gasteiger partial charge is 0.356 e. The van der Waals surface area contributed by atoms with Crippen LogP contribution in [0.25, 0.3) is 0 Å². The highest BCUT2D eigenvalue weighted by atomic mass is 16.2. The first-order valence-electron chi connectivity index (χ1n) is 4.47. The third kappa shape index (κ3) is 1.73. The second-order valence-electron chi connectivity index (χ2n) is 3.67. The molecule has 1 aliphatic heterocycles. The number of nitrogens with one attached hydrogen (secondary N) is 1. The lowest BCUT2D eigenvalue weighted by Crippen LogP contribution is -2.43. The predicted octanol–water partition coefficient (Wildman–Crippen LogP) is 1.70. The molecule has 1 atom stereocenters. The van der Waals surface area contributed by atoms with Gasteiger partial charge in [-0.3, -0.25) is 4.79 Å². The molecule has 1 N–H and O–H groups in total. The van der Waals surface area contributed by atoms with Gasteiger partial charge < -0.3 is 5.32 Å². The molecule has 1 rings (SSSR count). The summed E-state index contributed by atoms with van der Waals surface area (Å²) in [7, 11) is 0. The Balaban J connectivity index is 2.57. The van der Waals surface area contributed by atoms with Crippen LogP contribution in [-0.4, -0.2) is 12.5 Å². The van der Waals surface area contributed by atoms with Gasteiger partial charge in [-0.15, -0.1) is 0 Å². The molecule has 0 aromatic rings. The Morgan fingerprint density at radius 2 is 2.36 bits per heavy atom. The lowest BCUT2D eigenvalue weighted by atomic mass is 9.78. The van der Waals surface area contributed by atoms with Gasteiger partial charge in [-0.25, -0.2) is 0 Å². The summed E-state index contributed by atoms with van der Waals surface area (Å²) in [5.41, 5.74) is -0.0625. The molecule has 64 valence electrons. The van der Waals surface area contributed by atoms with Gasteiger partial charge in [0.05, 0.1) is 0 Å². The molecule has 0 aliphatic carbocycles. The van der Waals surface area contributed by atoms with Gasteiger partial charge >= 0.3 is 0 Å². The van der Waals surface area contributed by atoms with Gasteiger partial charge in [-0.2, -0.15) is 0 Å². The number of amides is 1. The average molecular weight is 155 g/mol. The highest BCUT2D eigenvalue weighted by Gasteiger charge is 2.33. The van der Waals surface area contributed by atoms with E-state index in [2.05, 4.69) is 19.2 Å². The molecular weight excluding hydrogens is 138 g/mol. The van der Waals surface area contributed by atoms with Crippen molar-refractivity contribution >= 4 is 5.91 Å². The Labute approximate surface area is 68.4 Å². The summed E-state index contributed by atoms with van der Waals surface area (Å²) in [6, 6.07) is 0. The molecular formula is C9H17NO. The van der Waals surface area contributed by atoms with Crippen LogP contribution in [0, 0.1) is 5.41 Å². The summed E-state index contributed by atoms with van der Waals surface area (Å²) in [5, 5.41) is 2.92. The van der Waals surface area contributed by atoms with Crippen molar-refractivity contribution in [3.63, 3.8) is 0 Å². The smallest absolute Gasteiger partial charge is 0.225 e. The molecule has 1 fully saturated rings. The van der Waals surface area contributed by atoms with E-state index in [1.807, 2.05) is 0 Å². The zero-order valence-electron chi connectivity index (χ0n) is 7.44. The summed E-state index contributed by atoms with van der Waals surface area (Å²) in [5.74, 6) is 0.255. The maximum absolute atomic E-state index is 11.4. The van der Waals surface area contributed by atoms with Crippen LogP contribution in [0.1, 0.15) is 39.5 Å². The Bertz CT molecular complexity index is 152. The summed E-state index contributed by atoms with van der Waals surface area (Å²) in [6.45, 7) is 5.08. The first kappa shape index (κ1) is 8.57. The average Bonchev–Trinajstić information content (AvgIpc) is 1.96. The third-order valence-corrected chi connectivity index (χ3v) is 2.54. The van der Waals surface area contributed by atoms with Gasteiger partial charge in [0.25, 0.3) is 0 Å². The molecule has 1 heterocycles. The first-order valence-corrected chi connectivity index (χ1v) is 4.47. The third-order valence-electron chi connectivity index (χ3n) is 2.54. The van der Waals surface area contributed by atoms with Crippen LogP contribution >= 0.6 is 0 Å². The molecule has 1 saturated heterocycles. The topological polar surface area (TPSA) is 29.1 Å². The summed E-state index contributed by atoms with van der Waals surface area (Å²) < 4.78 is 0. The van der Waals surface area contributed by atoms with Crippen molar-refractivity contribution in [3.8, 4) is 0 Å². The zero-order chi connectivity index (χ0) is 8.32. The van der Waals surface area contributed by atoms with Gasteiger partial charge in [0.15, 0.2) is 0 Å². The van der Waals surface area contributed by atoms with E-state index in [-0.39, 0.29) is 11.3 Å². The maximum atomic E-state index is 11.4. The normalized spacial score (nSPS) is 31.6. The zero-order valence-corrected chi connectivity index (χ0v) is 7.44. The van der Waals surface area contributed by atoms with E-state index >= 15 is 0 Å². The quantitative estimate of drug-likeness (QED) is 0.646. The van der Waals surface area contributed by atoms with E-state index in [1.54, 1.807) is 0 Å². The molecule has 0 bridgehead atoms. The van der Waals surface area contributed by atoms with E-state index < -0.39 is 0 Å². The number of rotatable bonds is 2. The number of hydrogen-bond acceptors (Lipinski definition) is 1. The molecule has 2 heteroatoms. The fourth-order valence-corrected chi connectivity index (χ4v) is 1.80. The van der Waals surface area contributed by atoms with Gasteiger partial charge in [0, 0.05) is 12.0 Å². The van der Waals surface area contributed by atoms with Crippen molar-refractivity contribution in [1.29, 1.82) is 0 Å². The maximum Gasteiger partial charge on any atom is 0.225 e. The van der Waals surface area contributed by atoms with Crippen molar-refractivity contribution in [1.82, 2.24) is 5.32 Å². The molecule has 1 unspecified atom stereocenters. The Morgan fingerprint density at radius 3 is 2.91 bits per heavy atom. The van der Waals surface area contributed by atoms with Crippen LogP contribution in [-0.2, 0) is 4.79 Å². The standard InChI is InChI=1S/C9H17NO/c1-3-5-9(2)6-4-7-10-8(9)11/h3-7H2,1-2H3,(H,10,11). The van der Waals surface area contributed by atoms with Gasteiger partial charge in [-0.1, -0.05) is 20.3 Å². The van der Waals surface area contributed by atoms with Crippen molar-refractivity contribution in [3.05, 3.63) is 0 Å². The number of hydrogen-bond donors (Lipinski definition) is 1. The van der Waals surface area contributed by atoms with Gasteiger partial charge in [-0.05, 0) is 19.3 Å². The van der Waals surface area contributed by atoms with E-state index in [0.717, 1.165) is 32.2 Å². The molecule has 0 saturated carbocycles. The highest BCUT2D eigenvalue weighted by molar-refractivity contribution is 5.82. The van der Waals surface area contributed by atoms with Crippen LogP contribution in [0.4, 0.5) is 0 Å². The van der Waals surface area contributed by atoms with E-state index in [4.69, 9.17) is 0 Å². The summed E-state index contributed by atoms with van der Waals surface area (Å²) >= 11 is 0. The minimum Gasteiger partial charge on any atom is -0.356 e. The van der Waals surface area contributed by atoms with Crippen LogP contribution in [0.2, 0.25) is 0 Å². The van der Waals surface area contributed by atoms with E-state index in [1.165, 1.54) is 0 Å². The molecule has 11 heavy (non-hydrogen) atoms.